The van der Waals surface area contributed by atoms with Crippen molar-refractivity contribution >= 4 is 0 Å². The third-order valence-electron chi connectivity index (χ3n) is 1.90. The van der Waals surface area contributed by atoms with Gasteiger partial charge < -0.3 is 5.32 Å². The molecule has 1 aliphatic rings. The minimum Gasteiger partial charge on any atom is -0.314 e. The Morgan fingerprint density at radius 3 is 2.62 bits per heavy atom. The molecule has 1 nitrogen and oxygen atoms in total. The molecule has 1 fully saturated rings. The molecule has 0 aromatic rings. The van der Waals surface area contributed by atoms with Crippen molar-refractivity contribution in [2.75, 3.05) is 6.54 Å². The molecule has 1 atom stereocenters. The maximum atomic E-state index is 3.46. The molecule has 0 unspecified atom stereocenters. The molecule has 0 aromatic carbocycles. The summed E-state index contributed by atoms with van der Waals surface area (Å²) < 4.78 is 0. The first-order valence-corrected chi connectivity index (χ1v) is 3.54. The average Bonchev–Trinajstić information content (AvgIpc) is 2.12. The third-order valence-corrected chi connectivity index (χ3v) is 1.90. The molecule has 1 heteroatoms. The zero-order valence-electron chi connectivity index (χ0n) is 5.78. The fourth-order valence-electron chi connectivity index (χ4n) is 1.28. The van der Waals surface area contributed by atoms with Crippen molar-refractivity contribution in [2.24, 2.45) is 5.92 Å². The topological polar surface area (TPSA) is 12.0 Å². The Morgan fingerprint density at radius 2 is 2.38 bits per heavy atom. The summed E-state index contributed by atoms with van der Waals surface area (Å²) in [7, 11) is 0. The molecular weight excluding hydrogens is 98.1 g/mol. The van der Waals surface area contributed by atoms with Gasteiger partial charge in [-0.15, -0.1) is 0 Å². The second-order valence-electron chi connectivity index (χ2n) is 2.95. The van der Waals surface area contributed by atoms with Crippen LogP contribution in [0.1, 0.15) is 28.1 Å². The molecule has 0 aromatic heterocycles. The van der Waals surface area contributed by atoms with Crippen molar-refractivity contribution in [1.29, 1.82) is 0 Å². The lowest BCUT2D eigenvalue weighted by Gasteiger charge is -2.12. The fraction of sp³-hybridized carbons (Fsp3) is 1.00. The van der Waals surface area contributed by atoms with Gasteiger partial charge in [-0.25, -0.2) is 0 Å². The van der Waals surface area contributed by atoms with Gasteiger partial charge in [-0.2, -0.15) is 0 Å². The van der Waals surface area contributed by atoms with Crippen molar-refractivity contribution < 1.29 is 1.43 Å². The predicted molar refractivity (Wildman–Crippen MR) is 38.0 cm³/mol. The van der Waals surface area contributed by atoms with Crippen LogP contribution in [0.4, 0.5) is 0 Å². The van der Waals surface area contributed by atoms with Crippen molar-refractivity contribution in [3.63, 3.8) is 0 Å². The molecule has 1 N–H and O–H groups in total. The average molecular weight is 115 g/mol. The molecule has 1 rings (SSSR count). The van der Waals surface area contributed by atoms with Crippen LogP contribution in [-0.2, 0) is 0 Å². The van der Waals surface area contributed by atoms with E-state index in [0.29, 0.717) is 0 Å². The van der Waals surface area contributed by atoms with E-state index in [1.54, 1.807) is 0 Å². The van der Waals surface area contributed by atoms with Gasteiger partial charge in [0.15, 0.2) is 0 Å². The van der Waals surface area contributed by atoms with E-state index in [-0.39, 0.29) is 1.43 Å². The van der Waals surface area contributed by atoms with Crippen LogP contribution < -0.4 is 5.32 Å². The molecule has 1 aliphatic heterocycles. The van der Waals surface area contributed by atoms with E-state index in [0.717, 1.165) is 12.0 Å². The van der Waals surface area contributed by atoms with Crippen LogP contribution in [0.2, 0.25) is 0 Å². The molecule has 0 aliphatic carbocycles. The first kappa shape index (κ1) is 6.09. The molecule has 0 saturated carbocycles. The molecule has 50 valence electrons. The van der Waals surface area contributed by atoms with Crippen LogP contribution in [0.15, 0.2) is 0 Å². The summed E-state index contributed by atoms with van der Waals surface area (Å²) in [5, 5.41) is 3.46. The van der Waals surface area contributed by atoms with Crippen LogP contribution in [0.25, 0.3) is 0 Å². The highest BCUT2D eigenvalue weighted by Crippen LogP contribution is 2.12. The Balaban J connectivity index is 0.000000640. The van der Waals surface area contributed by atoms with Gasteiger partial charge in [-0.3, -0.25) is 0 Å². The molecule has 1 heterocycles. The van der Waals surface area contributed by atoms with Crippen molar-refractivity contribution in [2.45, 2.75) is 32.7 Å². The monoisotopic (exact) mass is 115 g/mol. The van der Waals surface area contributed by atoms with Crippen molar-refractivity contribution in [3.05, 3.63) is 0 Å². The number of rotatable bonds is 1. The molecule has 0 spiro atoms. The van der Waals surface area contributed by atoms with Gasteiger partial charge in [0.25, 0.3) is 0 Å². The minimum atomic E-state index is 0. The minimum absolute atomic E-state index is 0. The highest BCUT2D eigenvalue weighted by atomic mass is 14.9. The van der Waals surface area contributed by atoms with Crippen LogP contribution in [0.3, 0.4) is 0 Å². The van der Waals surface area contributed by atoms with Crippen molar-refractivity contribution in [1.82, 2.24) is 5.32 Å². The maximum absolute atomic E-state index is 3.46. The van der Waals surface area contributed by atoms with E-state index in [1.807, 2.05) is 0 Å². The summed E-state index contributed by atoms with van der Waals surface area (Å²) >= 11 is 0. The second kappa shape index (κ2) is 2.49. The Morgan fingerprint density at radius 1 is 1.62 bits per heavy atom. The van der Waals surface area contributed by atoms with Gasteiger partial charge in [0.1, 0.15) is 0 Å². The molecule has 1 saturated heterocycles. The van der Waals surface area contributed by atoms with E-state index < -0.39 is 0 Å². The maximum Gasteiger partial charge on any atom is 0.00905 e. The fourth-order valence-corrected chi connectivity index (χ4v) is 1.28. The van der Waals surface area contributed by atoms with Gasteiger partial charge in [-0.05, 0) is 25.3 Å². The highest BCUT2D eigenvalue weighted by Gasteiger charge is 2.16. The Hall–Kier alpha value is -0.0400. The van der Waals surface area contributed by atoms with Crippen molar-refractivity contribution in [3.8, 4) is 0 Å². The van der Waals surface area contributed by atoms with Gasteiger partial charge in [0.2, 0.25) is 0 Å². The number of hydrogen-bond donors (Lipinski definition) is 1. The third kappa shape index (κ3) is 1.22. The van der Waals surface area contributed by atoms with Crippen LogP contribution in [0, 0.1) is 5.92 Å². The lowest BCUT2D eigenvalue weighted by molar-refractivity contribution is 0.452. The van der Waals surface area contributed by atoms with Gasteiger partial charge in [0.05, 0.1) is 0 Å². The highest BCUT2D eigenvalue weighted by molar-refractivity contribution is 4.76. The summed E-state index contributed by atoms with van der Waals surface area (Å²) in [4.78, 5) is 0. The Bertz CT molecular complexity index is 67.3. The van der Waals surface area contributed by atoms with Crippen LogP contribution in [-0.4, -0.2) is 12.6 Å². The quantitative estimate of drug-likeness (QED) is 0.548. The number of hydrogen-bond acceptors (Lipinski definition) is 1. The van der Waals surface area contributed by atoms with Gasteiger partial charge in [0, 0.05) is 7.47 Å². The summed E-state index contributed by atoms with van der Waals surface area (Å²) in [6.07, 6.45) is 2.76. The molecule has 0 bridgehead atoms. The lowest BCUT2D eigenvalue weighted by Crippen LogP contribution is -2.26. The molecule has 8 heavy (non-hydrogen) atoms. The van der Waals surface area contributed by atoms with Crippen LogP contribution in [0.5, 0.6) is 0 Å². The standard InChI is InChI=1S/C7H15N.H2/c1-6(2)7-4-3-5-8-7;/h6-8H,3-5H2,1-2H3;1H/t7-;/m0./s1. The number of nitrogens with one attached hydrogen (secondary N) is 1. The second-order valence-corrected chi connectivity index (χ2v) is 2.95. The molecular formula is C7H17N. The normalized spacial score (nSPS) is 29.6. The van der Waals surface area contributed by atoms with E-state index in [4.69, 9.17) is 0 Å². The zero-order valence-corrected chi connectivity index (χ0v) is 5.78. The van der Waals surface area contributed by atoms with Gasteiger partial charge in [-0.1, -0.05) is 13.8 Å². The summed E-state index contributed by atoms with van der Waals surface area (Å²) in [6, 6.07) is 0.815. The lowest BCUT2D eigenvalue weighted by atomic mass is 10.0. The Labute approximate surface area is 53.0 Å². The molecule has 0 amide bonds. The largest absolute Gasteiger partial charge is 0.314 e. The predicted octanol–water partition coefficient (Wildman–Crippen LogP) is 1.64. The van der Waals surface area contributed by atoms with E-state index in [9.17, 15) is 0 Å². The Kier molecular flexibility index (Phi) is 1.90. The smallest absolute Gasteiger partial charge is 0.00905 e. The zero-order chi connectivity index (χ0) is 5.98. The van der Waals surface area contributed by atoms with E-state index in [1.165, 1.54) is 19.4 Å². The SMILES string of the molecule is CC(C)[C@@H]1CCCN1.[HH]. The van der Waals surface area contributed by atoms with E-state index >= 15 is 0 Å². The molecule has 0 radical (unpaired) electrons. The summed E-state index contributed by atoms with van der Waals surface area (Å²) in [5.41, 5.74) is 0. The first-order valence-electron chi connectivity index (χ1n) is 3.54. The van der Waals surface area contributed by atoms with E-state index in [2.05, 4.69) is 19.2 Å². The van der Waals surface area contributed by atoms with Gasteiger partial charge >= 0.3 is 0 Å². The first-order chi connectivity index (χ1) is 3.80. The van der Waals surface area contributed by atoms with Crippen LogP contribution >= 0.6 is 0 Å². The summed E-state index contributed by atoms with van der Waals surface area (Å²) in [5.74, 6) is 0.831. The summed E-state index contributed by atoms with van der Waals surface area (Å²) in [6.45, 7) is 5.80.